The van der Waals surface area contributed by atoms with Crippen molar-refractivity contribution in [3.05, 3.63) is 28.4 Å². The maximum absolute atomic E-state index is 11.1. The van der Waals surface area contributed by atoms with Crippen molar-refractivity contribution >= 4 is 5.97 Å². The molecule has 5 heteroatoms. The summed E-state index contributed by atoms with van der Waals surface area (Å²) in [5.41, 5.74) is 0.216. The predicted molar refractivity (Wildman–Crippen MR) is 45.6 cm³/mol. The number of aromatic nitrogens is 2. The first-order valence-corrected chi connectivity index (χ1v) is 3.80. The number of aliphatic carboxylic acids is 1. The van der Waals surface area contributed by atoms with E-state index in [0.717, 1.165) is 10.1 Å². The van der Waals surface area contributed by atoms with Gasteiger partial charge in [-0.25, -0.2) is 14.6 Å². The second-order valence-corrected chi connectivity index (χ2v) is 2.84. The molecule has 5 nitrogen and oxygen atoms in total. The second-order valence-electron chi connectivity index (χ2n) is 2.84. The zero-order valence-electron chi connectivity index (χ0n) is 7.39. The zero-order valence-corrected chi connectivity index (χ0v) is 7.39. The van der Waals surface area contributed by atoms with Crippen LogP contribution in [0.4, 0.5) is 0 Å². The van der Waals surface area contributed by atoms with Crippen molar-refractivity contribution in [1.82, 2.24) is 9.55 Å². The van der Waals surface area contributed by atoms with Gasteiger partial charge in [0.1, 0.15) is 6.04 Å². The maximum Gasteiger partial charge on any atom is 0.348 e. The molecule has 0 aliphatic rings. The summed E-state index contributed by atoms with van der Waals surface area (Å²) in [7, 11) is 0. The number of rotatable bonds is 2. The maximum atomic E-state index is 11.1. The summed E-state index contributed by atoms with van der Waals surface area (Å²) in [5.74, 6) is -1.05. The Bertz CT molecular complexity index is 383. The molecule has 1 atom stereocenters. The number of aryl methyl sites for hydroxylation is 1. The molecular formula is C8H10N2O3. The predicted octanol–water partition coefficient (Wildman–Crippen LogP) is 0.197. The van der Waals surface area contributed by atoms with Gasteiger partial charge in [0.2, 0.25) is 0 Å². The Morgan fingerprint density at radius 1 is 1.69 bits per heavy atom. The molecule has 13 heavy (non-hydrogen) atoms. The molecule has 0 aliphatic heterocycles. The fourth-order valence-corrected chi connectivity index (χ4v) is 0.928. The highest BCUT2D eigenvalue weighted by molar-refractivity contribution is 5.71. The van der Waals surface area contributed by atoms with E-state index in [4.69, 9.17) is 5.11 Å². The van der Waals surface area contributed by atoms with Crippen LogP contribution in [0.15, 0.2) is 17.2 Å². The van der Waals surface area contributed by atoms with Gasteiger partial charge in [0.25, 0.3) is 0 Å². The van der Waals surface area contributed by atoms with Gasteiger partial charge in [0.15, 0.2) is 0 Å². The van der Waals surface area contributed by atoms with Gasteiger partial charge in [0, 0.05) is 12.4 Å². The Kier molecular flexibility index (Phi) is 2.46. The van der Waals surface area contributed by atoms with E-state index in [1.54, 1.807) is 6.92 Å². The third-order valence-corrected chi connectivity index (χ3v) is 1.72. The van der Waals surface area contributed by atoms with Crippen LogP contribution in [-0.2, 0) is 4.79 Å². The normalized spacial score (nSPS) is 12.5. The van der Waals surface area contributed by atoms with Crippen LogP contribution < -0.4 is 5.69 Å². The topological polar surface area (TPSA) is 72.2 Å². The lowest BCUT2D eigenvalue weighted by Gasteiger charge is -2.09. The van der Waals surface area contributed by atoms with Crippen molar-refractivity contribution in [3.8, 4) is 0 Å². The van der Waals surface area contributed by atoms with E-state index in [1.807, 2.05) is 0 Å². The van der Waals surface area contributed by atoms with Crippen LogP contribution in [0, 0.1) is 6.92 Å². The lowest BCUT2D eigenvalue weighted by atomic mass is 10.3. The second kappa shape index (κ2) is 3.38. The smallest absolute Gasteiger partial charge is 0.348 e. The van der Waals surface area contributed by atoms with E-state index in [-0.39, 0.29) is 0 Å². The average Bonchev–Trinajstić information content (AvgIpc) is 2.08. The molecule has 0 saturated heterocycles. The van der Waals surface area contributed by atoms with Crippen LogP contribution in [-0.4, -0.2) is 20.6 Å². The Balaban J connectivity index is 3.21. The third kappa shape index (κ3) is 1.93. The van der Waals surface area contributed by atoms with Gasteiger partial charge in [0.05, 0.1) is 0 Å². The SMILES string of the molecule is Cc1cnc(=O)n(C(C)C(=O)O)c1. The Hall–Kier alpha value is -1.65. The van der Waals surface area contributed by atoms with E-state index in [2.05, 4.69) is 4.98 Å². The molecule has 1 heterocycles. The fourth-order valence-electron chi connectivity index (χ4n) is 0.928. The van der Waals surface area contributed by atoms with Crippen LogP contribution in [0.25, 0.3) is 0 Å². The molecule has 0 radical (unpaired) electrons. The van der Waals surface area contributed by atoms with E-state index in [0.29, 0.717) is 0 Å². The number of nitrogens with zero attached hydrogens (tertiary/aromatic N) is 2. The van der Waals surface area contributed by atoms with Crippen molar-refractivity contribution in [2.24, 2.45) is 0 Å². The molecule has 0 bridgehead atoms. The van der Waals surface area contributed by atoms with E-state index in [9.17, 15) is 9.59 Å². The summed E-state index contributed by atoms with van der Waals surface area (Å²) < 4.78 is 1.09. The average molecular weight is 182 g/mol. The van der Waals surface area contributed by atoms with Crippen LogP contribution >= 0.6 is 0 Å². The lowest BCUT2D eigenvalue weighted by Crippen LogP contribution is -2.29. The quantitative estimate of drug-likeness (QED) is 0.709. The summed E-state index contributed by atoms with van der Waals surface area (Å²) in [5, 5.41) is 8.66. The summed E-state index contributed by atoms with van der Waals surface area (Å²) in [4.78, 5) is 25.2. The van der Waals surface area contributed by atoms with E-state index >= 15 is 0 Å². The van der Waals surface area contributed by atoms with Crippen molar-refractivity contribution in [2.75, 3.05) is 0 Å². The van der Waals surface area contributed by atoms with Crippen LogP contribution in [0.1, 0.15) is 18.5 Å². The van der Waals surface area contributed by atoms with Gasteiger partial charge in [-0.2, -0.15) is 0 Å². The minimum atomic E-state index is -1.05. The molecule has 1 N–H and O–H groups in total. The Morgan fingerprint density at radius 2 is 2.31 bits per heavy atom. The van der Waals surface area contributed by atoms with Gasteiger partial charge >= 0.3 is 11.7 Å². The fraction of sp³-hybridized carbons (Fsp3) is 0.375. The number of carbonyl (C=O) groups is 1. The van der Waals surface area contributed by atoms with Crippen molar-refractivity contribution in [2.45, 2.75) is 19.9 Å². The minimum absolute atomic E-state index is 0.541. The standard InChI is InChI=1S/C8H10N2O3/c1-5-3-9-8(13)10(4-5)6(2)7(11)12/h3-4,6H,1-2H3,(H,11,12). The van der Waals surface area contributed by atoms with Gasteiger partial charge in [-0.1, -0.05) is 0 Å². The van der Waals surface area contributed by atoms with Crippen LogP contribution in [0.5, 0.6) is 0 Å². The summed E-state index contributed by atoms with van der Waals surface area (Å²) in [6.45, 7) is 3.18. The van der Waals surface area contributed by atoms with Crippen LogP contribution in [0.2, 0.25) is 0 Å². The molecule has 1 aromatic rings. The molecule has 0 spiro atoms. The molecular weight excluding hydrogens is 172 g/mol. The monoisotopic (exact) mass is 182 g/mol. The molecule has 0 fully saturated rings. The van der Waals surface area contributed by atoms with Crippen LogP contribution in [0.3, 0.4) is 0 Å². The molecule has 1 aromatic heterocycles. The molecule has 0 aromatic carbocycles. The summed E-state index contributed by atoms with van der Waals surface area (Å²) in [6, 6.07) is -0.875. The highest BCUT2D eigenvalue weighted by atomic mass is 16.4. The van der Waals surface area contributed by atoms with Gasteiger partial charge < -0.3 is 5.11 Å². The lowest BCUT2D eigenvalue weighted by molar-refractivity contribution is -0.140. The largest absolute Gasteiger partial charge is 0.480 e. The van der Waals surface area contributed by atoms with E-state index in [1.165, 1.54) is 19.3 Å². The molecule has 1 rings (SSSR count). The Morgan fingerprint density at radius 3 is 2.85 bits per heavy atom. The molecule has 0 saturated carbocycles. The summed E-state index contributed by atoms with van der Waals surface area (Å²) in [6.07, 6.45) is 2.89. The van der Waals surface area contributed by atoms with E-state index < -0.39 is 17.7 Å². The first-order valence-electron chi connectivity index (χ1n) is 3.80. The first kappa shape index (κ1) is 9.44. The number of carboxylic acid groups (broad SMARTS) is 1. The molecule has 0 aliphatic carbocycles. The van der Waals surface area contributed by atoms with Crippen molar-refractivity contribution < 1.29 is 9.90 Å². The number of carboxylic acids is 1. The molecule has 1 unspecified atom stereocenters. The summed E-state index contributed by atoms with van der Waals surface area (Å²) >= 11 is 0. The minimum Gasteiger partial charge on any atom is -0.480 e. The van der Waals surface area contributed by atoms with Gasteiger partial charge in [-0.05, 0) is 19.4 Å². The van der Waals surface area contributed by atoms with Crippen molar-refractivity contribution in [3.63, 3.8) is 0 Å². The van der Waals surface area contributed by atoms with Gasteiger partial charge in [-0.15, -0.1) is 0 Å². The molecule has 70 valence electrons. The zero-order chi connectivity index (χ0) is 10.0. The number of hydrogen-bond acceptors (Lipinski definition) is 3. The highest BCUT2D eigenvalue weighted by Gasteiger charge is 2.14. The number of hydrogen-bond donors (Lipinski definition) is 1. The Labute approximate surface area is 74.7 Å². The van der Waals surface area contributed by atoms with Gasteiger partial charge in [-0.3, -0.25) is 4.57 Å². The first-order chi connectivity index (χ1) is 6.02. The van der Waals surface area contributed by atoms with Crippen molar-refractivity contribution in [1.29, 1.82) is 0 Å². The third-order valence-electron chi connectivity index (χ3n) is 1.72. The highest BCUT2D eigenvalue weighted by Crippen LogP contribution is 2.02. The molecule has 0 amide bonds.